The number of benzene rings is 1. The minimum absolute atomic E-state index is 0.193. The second-order valence-corrected chi connectivity index (χ2v) is 7.14. The van der Waals surface area contributed by atoms with Crippen molar-refractivity contribution >= 4 is 17.5 Å². The number of carbonyl (C=O) groups is 1. The van der Waals surface area contributed by atoms with Gasteiger partial charge in [0.05, 0.1) is 5.92 Å². The smallest absolute Gasteiger partial charge is 0.141 e. The zero-order valence-corrected chi connectivity index (χ0v) is 12.7. The van der Waals surface area contributed by atoms with E-state index >= 15 is 0 Å². The van der Waals surface area contributed by atoms with Gasteiger partial charge in [-0.3, -0.25) is 4.79 Å². The molecule has 0 saturated heterocycles. The van der Waals surface area contributed by atoms with Gasteiger partial charge in [0.15, 0.2) is 0 Å². The number of carbonyl (C=O) groups excluding carboxylic acids is 1. The fraction of sp³-hybridized carbons (Fsp3) is 0.500. The molecular weight excluding hydrogens is 264 g/mol. The number of Topliss-reactive ketones (excluding diaryl/α,β-unsaturated/α-hetero) is 1. The number of rotatable bonds is 2. The van der Waals surface area contributed by atoms with Crippen LogP contribution >= 0.6 is 11.8 Å². The molecule has 1 aromatic rings. The third-order valence-corrected chi connectivity index (χ3v) is 5.76. The van der Waals surface area contributed by atoms with E-state index in [-0.39, 0.29) is 5.92 Å². The molecule has 0 amide bonds. The summed E-state index contributed by atoms with van der Waals surface area (Å²) in [5.41, 5.74) is 1.44. The van der Waals surface area contributed by atoms with E-state index in [1.807, 2.05) is 11.8 Å². The van der Waals surface area contributed by atoms with Crippen molar-refractivity contribution in [2.75, 3.05) is 0 Å². The zero-order chi connectivity index (χ0) is 13.8. The highest BCUT2D eigenvalue weighted by Crippen LogP contribution is 2.43. The molecule has 0 spiro atoms. The molecule has 1 saturated carbocycles. The molecule has 2 heteroatoms. The molecule has 2 atom stereocenters. The Kier molecular flexibility index (Phi) is 4.62. The molecule has 1 nitrogen and oxygen atoms in total. The Morgan fingerprint density at radius 1 is 1.00 bits per heavy atom. The normalized spacial score (nSPS) is 27.2. The Labute approximate surface area is 125 Å². The van der Waals surface area contributed by atoms with Gasteiger partial charge in [-0.1, -0.05) is 36.3 Å². The standard InChI is InChI=1S/C18H22OS/c19-16-11-7-2-1-4-8-14-12-13-17(18(14)16)20-15-9-5-3-6-10-15/h3,5-6,8-10,17-18H,1-2,4,7,11-13H2/t17-,18+/m0/s1. The first-order chi connectivity index (χ1) is 9.84. The van der Waals surface area contributed by atoms with E-state index in [9.17, 15) is 4.79 Å². The summed E-state index contributed by atoms with van der Waals surface area (Å²) in [6.07, 6.45) is 10.1. The summed E-state index contributed by atoms with van der Waals surface area (Å²) < 4.78 is 0. The van der Waals surface area contributed by atoms with Gasteiger partial charge < -0.3 is 0 Å². The summed E-state index contributed by atoms with van der Waals surface area (Å²) in [5, 5.41) is 0.453. The van der Waals surface area contributed by atoms with E-state index < -0.39 is 0 Å². The van der Waals surface area contributed by atoms with Gasteiger partial charge in [0.1, 0.15) is 5.78 Å². The molecule has 3 rings (SSSR count). The van der Waals surface area contributed by atoms with Gasteiger partial charge in [-0.25, -0.2) is 0 Å². The molecule has 1 fully saturated rings. The molecule has 2 aliphatic rings. The van der Waals surface area contributed by atoms with E-state index in [4.69, 9.17) is 0 Å². The van der Waals surface area contributed by atoms with Gasteiger partial charge in [-0.2, -0.15) is 0 Å². The number of allylic oxidation sites excluding steroid dienone is 2. The van der Waals surface area contributed by atoms with Crippen molar-refractivity contribution in [2.24, 2.45) is 5.92 Å². The lowest BCUT2D eigenvalue weighted by atomic mass is 9.94. The maximum Gasteiger partial charge on any atom is 0.141 e. The lowest BCUT2D eigenvalue weighted by Crippen LogP contribution is -2.22. The average molecular weight is 286 g/mol. The summed E-state index contributed by atoms with van der Waals surface area (Å²) in [6, 6.07) is 10.5. The molecule has 0 aromatic heterocycles. The highest BCUT2D eigenvalue weighted by atomic mass is 32.2. The maximum absolute atomic E-state index is 12.5. The van der Waals surface area contributed by atoms with Crippen molar-refractivity contribution < 1.29 is 4.79 Å². The Morgan fingerprint density at radius 3 is 2.70 bits per heavy atom. The Balaban J connectivity index is 1.78. The van der Waals surface area contributed by atoms with Gasteiger partial charge in [0.25, 0.3) is 0 Å². The number of fused-ring (bicyclic) bond motifs is 1. The second kappa shape index (κ2) is 6.62. The van der Waals surface area contributed by atoms with Crippen molar-refractivity contribution in [1.82, 2.24) is 0 Å². The van der Waals surface area contributed by atoms with Gasteiger partial charge in [-0.15, -0.1) is 11.8 Å². The second-order valence-electron chi connectivity index (χ2n) is 5.83. The van der Waals surface area contributed by atoms with Gasteiger partial charge in [0, 0.05) is 16.6 Å². The summed E-state index contributed by atoms with van der Waals surface area (Å²) in [6.45, 7) is 0. The van der Waals surface area contributed by atoms with Crippen molar-refractivity contribution in [1.29, 1.82) is 0 Å². The highest BCUT2D eigenvalue weighted by Gasteiger charge is 2.36. The summed E-state index contributed by atoms with van der Waals surface area (Å²) >= 11 is 1.90. The van der Waals surface area contributed by atoms with E-state index in [1.54, 1.807) is 0 Å². The third kappa shape index (κ3) is 3.17. The van der Waals surface area contributed by atoms with Crippen LogP contribution in [0.15, 0.2) is 46.9 Å². The SMILES string of the molecule is O=C1CCCCCC=C2CC[C@H](Sc3ccccc3)[C@@H]12. The largest absolute Gasteiger partial charge is 0.299 e. The van der Waals surface area contributed by atoms with Crippen LogP contribution in [0.2, 0.25) is 0 Å². The highest BCUT2D eigenvalue weighted by molar-refractivity contribution is 8.00. The quantitative estimate of drug-likeness (QED) is 0.710. The number of hydrogen-bond donors (Lipinski definition) is 0. The van der Waals surface area contributed by atoms with Gasteiger partial charge >= 0.3 is 0 Å². The molecule has 0 N–H and O–H groups in total. The van der Waals surface area contributed by atoms with Crippen LogP contribution in [0.5, 0.6) is 0 Å². The molecule has 106 valence electrons. The van der Waals surface area contributed by atoms with Crippen molar-refractivity contribution in [2.45, 2.75) is 55.1 Å². The molecule has 0 heterocycles. The average Bonchev–Trinajstić information content (AvgIpc) is 2.88. The number of hydrogen-bond acceptors (Lipinski definition) is 2. The van der Waals surface area contributed by atoms with Crippen LogP contribution in [0.3, 0.4) is 0 Å². The first-order valence-corrected chi connectivity index (χ1v) is 8.66. The van der Waals surface area contributed by atoms with Gasteiger partial charge in [-0.05, 0) is 44.2 Å². The molecular formula is C18H22OS. The molecule has 2 aliphatic carbocycles. The van der Waals surface area contributed by atoms with Gasteiger partial charge in [0.2, 0.25) is 0 Å². The van der Waals surface area contributed by atoms with Crippen LogP contribution in [0.25, 0.3) is 0 Å². The molecule has 0 radical (unpaired) electrons. The number of ketones is 1. The van der Waals surface area contributed by atoms with Crippen LogP contribution < -0.4 is 0 Å². The number of thioether (sulfide) groups is 1. The molecule has 0 unspecified atom stereocenters. The summed E-state index contributed by atoms with van der Waals surface area (Å²) in [7, 11) is 0. The van der Waals surface area contributed by atoms with E-state index in [2.05, 4.69) is 36.4 Å². The molecule has 1 aromatic carbocycles. The lowest BCUT2D eigenvalue weighted by Gasteiger charge is -2.19. The summed E-state index contributed by atoms with van der Waals surface area (Å²) in [4.78, 5) is 13.8. The Hall–Kier alpha value is -1.02. The van der Waals surface area contributed by atoms with Crippen LogP contribution in [0, 0.1) is 5.92 Å². The van der Waals surface area contributed by atoms with E-state index in [0.717, 1.165) is 25.7 Å². The maximum atomic E-state index is 12.5. The van der Waals surface area contributed by atoms with Crippen LogP contribution in [0.4, 0.5) is 0 Å². The fourth-order valence-electron chi connectivity index (χ4n) is 3.38. The topological polar surface area (TPSA) is 17.1 Å². The predicted octanol–water partition coefficient (Wildman–Crippen LogP) is 5.02. The zero-order valence-electron chi connectivity index (χ0n) is 11.9. The monoisotopic (exact) mass is 286 g/mol. The fourth-order valence-corrected chi connectivity index (χ4v) is 4.74. The van der Waals surface area contributed by atoms with E-state index in [0.29, 0.717) is 11.0 Å². The lowest BCUT2D eigenvalue weighted by molar-refractivity contribution is -0.121. The van der Waals surface area contributed by atoms with Crippen molar-refractivity contribution in [3.05, 3.63) is 42.0 Å². The molecule has 20 heavy (non-hydrogen) atoms. The minimum Gasteiger partial charge on any atom is -0.299 e. The summed E-state index contributed by atoms with van der Waals surface area (Å²) in [5.74, 6) is 0.683. The first kappa shape index (κ1) is 13.9. The van der Waals surface area contributed by atoms with Crippen LogP contribution in [-0.4, -0.2) is 11.0 Å². The van der Waals surface area contributed by atoms with Crippen LogP contribution in [-0.2, 0) is 4.79 Å². The van der Waals surface area contributed by atoms with E-state index in [1.165, 1.54) is 29.7 Å². The Morgan fingerprint density at radius 2 is 1.85 bits per heavy atom. The Bertz CT molecular complexity index is 491. The molecule has 0 bridgehead atoms. The minimum atomic E-state index is 0.193. The van der Waals surface area contributed by atoms with Crippen LogP contribution in [0.1, 0.15) is 44.9 Å². The molecule has 0 aliphatic heterocycles. The first-order valence-electron chi connectivity index (χ1n) is 7.78. The van der Waals surface area contributed by atoms with Crippen molar-refractivity contribution in [3.8, 4) is 0 Å². The van der Waals surface area contributed by atoms with Crippen molar-refractivity contribution in [3.63, 3.8) is 0 Å². The predicted molar refractivity (Wildman–Crippen MR) is 85.0 cm³/mol. The third-order valence-electron chi connectivity index (χ3n) is 4.40.